The number of carbonyl (C=O) groups excluding carboxylic acids is 2. The summed E-state index contributed by atoms with van der Waals surface area (Å²) in [6.07, 6.45) is 1.47. The van der Waals surface area contributed by atoms with Gasteiger partial charge in [0.15, 0.2) is 12.4 Å². The van der Waals surface area contributed by atoms with Crippen LogP contribution in [0, 0.1) is 6.92 Å². The number of benzene rings is 2. The molecule has 1 heterocycles. The molecule has 0 aliphatic rings. The summed E-state index contributed by atoms with van der Waals surface area (Å²) in [5.41, 5.74) is 1.60. The molecular weight excluding hydrogens is 501 g/mol. The first-order chi connectivity index (χ1) is 16.1. The van der Waals surface area contributed by atoms with Gasteiger partial charge < -0.3 is 10.1 Å². The second kappa shape index (κ2) is 11.1. The van der Waals surface area contributed by atoms with Crippen molar-refractivity contribution in [3.05, 3.63) is 92.9 Å². The minimum Gasteiger partial charge on any atom is -0.452 e. The molecule has 8 nitrogen and oxygen atoms in total. The zero-order valence-electron chi connectivity index (χ0n) is 17.8. The van der Waals surface area contributed by atoms with E-state index in [1.165, 1.54) is 36.4 Å². The van der Waals surface area contributed by atoms with Crippen molar-refractivity contribution in [3.8, 4) is 0 Å². The quantitative estimate of drug-likeness (QED) is 0.408. The third-order valence-corrected chi connectivity index (χ3v) is 6.00. The Morgan fingerprint density at radius 1 is 1.03 bits per heavy atom. The van der Waals surface area contributed by atoms with Gasteiger partial charge in [-0.2, -0.15) is 0 Å². The van der Waals surface area contributed by atoms with Gasteiger partial charge >= 0.3 is 5.97 Å². The predicted octanol–water partition coefficient (Wildman–Crippen LogP) is 4.90. The summed E-state index contributed by atoms with van der Waals surface area (Å²) in [6.45, 7) is 1.08. The van der Waals surface area contributed by atoms with Crippen molar-refractivity contribution in [2.24, 2.45) is 0 Å². The summed E-state index contributed by atoms with van der Waals surface area (Å²) in [4.78, 5) is 28.3. The van der Waals surface area contributed by atoms with Crippen LogP contribution in [0.3, 0.4) is 0 Å². The van der Waals surface area contributed by atoms with E-state index in [2.05, 4.69) is 15.0 Å². The molecule has 0 saturated carbocycles. The minimum absolute atomic E-state index is 0.0996. The van der Waals surface area contributed by atoms with Gasteiger partial charge in [0.05, 0.1) is 26.7 Å². The summed E-state index contributed by atoms with van der Waals surface area (Å²) in [5.74, 6) is -1.30. The van der Waals surface area contributed by atoms with Gasteiger partial charge in [0, 0.05) is 5.69 Å². The smallest absolute Gasteiger partial charge is 0.338 e. The molecule has 0 fully saturated rings. The maximum absolute atomic E-state index is 12.2. The van der Waals surface area contributed by atoms with Crippen molar-refractivity contribution in [2.75, 3.05) is 16.6 Å². The molecular formula is C23H19Cl2N3O5S. The molecule has 0 aliphatic carbocycles. The van der Waals surface area contributed by atoms with Crippen LogP contribution in [0.4, 0.5) is 11.5 Å². The number of rotatable bonds is 8. The van der Waals surface area contributed by atoms with Crippen molar-refractivity contribution < 1.29 is 22.7 Å². The lowest BCUT2D eigenvalue weighted by Crippen LogP contribution is -2.21. The number of sulfonamides is 1. The molecule has 0 unspecified atom stereocenters. The van der Waals surface area contributed by atoms with E-state index in [0.717, 1.165) is 11.0 Å². The van der Waals surface area contributed by atoms with Crippen molar-refractivity contribution in [1.29, 1.82) is 0 Å². The summed E-state index contributed by atoms with van der Waals surface area (Å²) in [6, 6.07) is 16.0. The van der Waals surface area contributed by atoms with Crippen LogP contribution in [-0.2, 0) is 19.6 Å². The number of aryl methyl sites for hydroxylation is 1. The topological polar surface area (TPSA) is 114 Å². The fraction of sp³-hybridized carbons (Fsp3) is 0.0870. The summed E-state index contributed by atoms with van der Waals surface area (Å²) >= 11 is 11.9. The first-order valence-electron chi connectivity index (χ1n) is 9.78. The van der Waals surface area contributed by atoms with Gasteiger partial charge in [0.25, 0.3) is 15.9 Å². The van der Waals surface area contributed by atoms with Gasteiger partial charge in [-0.15, -0.1) is 0 Å². The minimum atomic E-state index is -3.75. The van der Waals surface area contributed by atoms with Gasteiger partial charge in [-0.05, 0) is 48.9 Å². The maximum Gasteiger partial charge on any atom is 0.338 e. The van der Waals surface area contributed by atoms with Crippen LogP contribution in [0.25, 0.3) is 6.08 Å². The Labute approximate surface area is 206 Å². The number of amides is 1. The van der Waals surface area contributed by atoms with E-state index in [4.69, 9.17) is 27.9 Å². The zero-order chi connectivity index (χ0) is 24.7. The largest absolute Gasteiger partial charge is 0.452 e. The highest BCUT2D eigenvalue weighted by atomic mass is 35.5. The number of pyridine rings is 1. The number of hydrogen-bond donors (Lipinski definition) is 2. The van der Waals surface area contributed by atoms with Gasteiger partial charge in [-0.3, -0.25) is 9.52 Å². The fourth-order valence-electron chi connectivity index (χ4n) is 2.63. The van der Waals surface area contributed by atoms with Crippen LogP contribution in [0.2, 0.25) is 10.0 Å². The third kappa shape index (κ3) is 7.31. The van der Waals surface area contributed by atoms with Crippen LogP contribution in [0.1, 0.15) is 21.6 Å². The summed E-state index contributed by atoms with van der Waals surface area (Å²) < 4.78 is 31.8. The Kier molecular flexibility index (Phi) is 8.27. The standard InChI is InChI=1S/C23H19Cl2N3O5S/c1-15-19(24)13-20(25)22(26-15)27-21(29)14-33-23(30)17-7-9-18(10-8-17)28-34(31,32)12-11-16-5-3-2-4-6-16/h2-13,28H,14H2,1H3,(H,26,27,29). The Bertz CT molecular complexity index is 1330. The predicted molar refractivity (Wildman–Crippen MR) is 132 cm³/mol. The number of nitrogens with zero attached hydrogens (tertiary/aromatic N) is 1. The van der Waals surface area contributed by atoms with E-state index < -0.39 is 28.5 Å². The number of esters is 1. The molecule has 176 valence electrons. The van der Waals surface area contributed by atoms with Crippen molar-refractivity contribution >= 4 is 62.7 Å². The number of hydrogen-bond acceptors (Lipinski definition) is 6. The molecule has 0 bridgehead atoms. The molecule has 11 heteroatoms. The van der Waals surface area contributed by atoms with Crippen LogP contribution >= 0.6 is 23.2 Å². The lowest BCUT2D eigenvalue weighted by molar-refractivity contribution is -0.119. The summed E-state index contributed by atoms with van der Waals surface area (Å²) in [5, 5.41) is 3.99. The number of ether oxygens (including phenoxy) is 1. The highest BCUT2D eigenvalue weighted by Crippen LogP contribution is 2.25. The molecule has 0 radical (unpaired) electrons. The lowest BCUT2D eigenvalue weighted by Gasteiger charge is -2.09. The lowest BCUT2D eigenvalue weighted by atomic mass is 10.2. The average Bonchev–Trinajstić information content (AvgIpc) is 2.81. The molecule has 0 spiro atoms. The number of nitrogens with one attached hydrogen (secondary N) is 2. The Hall–Kier alpha value is -3.40. The van der Waals surface area contributed by atoms with Crippen molar-refractivity contribution in [1.82, 2.24) is 4.98 Å². The molecule has 2 N–H and O–H groups in total. The van der Waals surface area contributed by atoms with Gasteiger partial charge in [0.2, 0.25) is 0 Å². The second-order valence-electron chi connectivity index (χ2n) is 6.95. The number of carbonyl (C=O) groups is 2. The zero-order valence-corrected chi connectivity index (χ0v) is 20.1. The molecule has 3 rings (SSSR count). The fourth-order valence-corrected chi connectivity index (χ4v) is 3.91. The Morgan fingerprint density at radius 3 is 2.38 bits per heavy atom. The molecule has 0 atom stereocenters. The van der Waals surface area contributed by atoms with E-state index in [-0.39, 0.29) is 22.1 Å². The van der Waals surface area contributed by atoms with Crippen LogP contribution in [-0.4, -0.2) is 31.9 Å². The maximum atomic E-state index is 12.2. The molecule has 3 aromatic rings. The van der Waals surface area contributed by atoms with Gasteiger partial charge in [-0.25, -0.2) is 18.2 Å². The molecule has 0 aliphatic heterocycles. The van der Waals surface area contributed by atoms with E-state index in [9.17, 15) is 18.0 Å². The van der Waals surface area contributed by atoms with E-state index in [0.29, 0.717) is 10.7 Å². The average molecular weight is 520 g/mol. The van der Waals surface area contributed by atoms with E-state index in [1.54, 1.807) is 31.2 Å². The van der Waals surface area contributed by atoms with Crippen molar-refractivity contribution in [2.45, 2.75) is 6.92 Å². The number of halogens is 2. The molecule has 0 saturated heterocycles. The highest BCUT2D eigenvalue weighted by molar-refractivity contribution is 7.95. The molecule has 34 heavy (non-hydrogen) atoms. The number of aromatic nitrogens is 1. The summed E-state index contributed by atoms with van der Waals surface area (Å²) in [7, 11) is -3.75. The van der Waals surface area contributed by atoms with Gasteiger partial charge in [-0.1, -0.05) is 53.5 Å². The molecule has 2 aromatic carbocycles. The second-order valence-corrected chi connectivity index (χ2v) is 9.33. The Morgan fingerprint density at radius 2 is 1.71 bits per heavy atom. The SMILES string of the molecule is Cc1nc(NC(=O)COC(=O)c2ccc(NS(=O)(=O)C=Cc3ccccc3)cc2)c(Cl)cc1Cl. The number of anilines is 2. The van der Waals surface area contributed by atoms with E-state index >= 15 is 0 Å². The van der Waals surface area contributed by atoms with Crippen molar-refractivity contribution in [3.63, 3.8) is 0 Å². The molecule has 1 aromatic heterocycles. The Balaban J connectivity index is 1.54. The normalized spacial score (nSPS) is 11.3. The first-order valence-corrected chi connectivity index (χ1v) is 12.1. The third-order valence-electron chi connectivity index (χ3n) is 4.32. The van der Waals surface area contributed by atoms with Crippen LogP contribution in [0.5, 0.6) is 0 Å². The van der Waals surface area contributed by atoms with Gasteiger partial charge in [0.1, 0.15) is 0 Å². The van der Waals surface area contributed by atoms with Crippen LogP contribution < -0.4 is 10.0 Å². The molecule has 1 amide bonds. The monoisotopic (exact) mass is 519 g/mol. The highest BCUT2D eigenvalue weighted by Gasteiger charge is 2.14. The van der Waals surface area contributed by atoms with E-state index in [1.807, 2.05) is 6.07 Å². The van der Waals surface area contributed by atoms with Crippen LogP contribution in [0.15, 0.2) is 66.1 Å². The first kappa shape index (κ1) is 25.2.